The van der Waals surface area contributed by atoms with Gasteiger partial charge in [0.15, 0.2) is 0 Å². The topological polar surface area (TPSA) is 44.5 Å². The molecule has 2 N–H and O–H groups in total. The maximum Gasteiger partial charge on any atom is 0.0859 e. The minimum atomic E-state index is -0.311. The first-order valence-corrected chi connectivity index (χ1v) is 7.11. The van der Waals surface area contributed by atoms with Crippen LogP contribution in [-0.4, -0.2) is 17.8 Å². The highest BCUT2D eigenvalue weighted by Crippen LogP contribution is 2.35. The van der Waals surface area contributed by atoms with Gasteiger partial charge in [0.2, 0.25) is 0 Å². The minimum Gasteiger partial charge on any atom is -0.375 e. The molecule has 0 aromatic heterocycles. The van der Waals surface area contributed by atoms with Crippen molar-refractivity contribution in [2.45, 2.75) is 85.4 Å². The van der Waals surface area contributed by atoms with E-state index in [1.807, 2.05) is 13.8 Å². The fraction of sp³-hybridized carbons (Fsp3) is 1.00. The molecule has 0 aliphatic carbocycles. The molecule has 3 heteroatoms. The summed E-state index contributed by atoms with van der Waals surface area (Å²) in [6.07, 6.45) is 4.09. The third-order valence-electron chi connectivity index (χ3n) is 4.03. The fourth-order valence-electron chi connectivity index (χ4n) is 2.02. The van der Waals surface area contributed by atoms with Crippen molar-refractivity contribution in [1.29, 1.82) is 0 Å². The van der Waals surface area contributed by atoms with Crippen molar-refractivity contribution < 1.29 is 9.57 Å². The van der Waals surface area contributed by atoms with Gasteiger partial charge in [-0.15, -0.1) is 0 Å². The number of hydrogen-bond acceptors (Lipinski definition) is 3. The summed E-state index contributed by atoms with van der Waals surface area (Å²) in [6, 6.07) is 0. The van der Waals surface area contributed by atoms with E-state index >= 15 is 0 Å². The lowest BCUT2D eigenvalue weighted by atomic mass is 9.78. The standard InChI is InChI=1S/C15H33NO2/c1-8-13(3,4)12-15(7,9-2)17-11-10-14(5,6)18-16/h8-12,16H2,1-7H3. The van der Waals surface area contributed by atoms with E-state index < -0.39 is 0 Å². The lowest BCUT2D eigenvalue weighted by Gasteiger charge is -2.37. The molecule has 110 valence electrons. The molecule has 0 spiro atoms. The summed E-state index contributed by atoms with van der Waals surface area (Å²) in [4.78, 5) is 4.93. The molecule has 1 unspecified atom stereocenters. The van der Waals surface area contributed by atoms with Crippen LogP contribution in [0, 0.1) is 5.41 Å². The molecule has 0 aromatic rings. The van der Waals surface area contributed by atoms with Gasteiger partial charge in [0.1, 0.15) is 0 Å². The molecule has 0 radical (unpaired) electrons. The summed E-state index contributed by atoms with van der Waals surface area (Å²) in [6.45, 7) is 15.9. The van der Waals surface area contributed by atoms with E-state index in [2.05, 4.69) is 34.6 Å². The molecule has 18 heavy (non-hydrogen) atoms. The Morgan fingerprint density at radius 1 is 0.944 bits per heavy atom. The Bertz CT molecular complexity index is 239. The Hall–Kier alpha value is -0.120. The summed E-state index contributed by atoms with van der Waals surface area (Å²) < 4.78 is 6.12. The summed E-state index contributed by atoms with van der Waals surface area (Å²) in [5.74, 6) is 5.26. The molecule has 0 aromatic carbocycles. The first kappa shape index (κ1) is 17.9. The van der Waals surface area contributed by atoms with Gasteiger partial charge in [-0.25, -0.2) is 5.90 Å². The monoisotopic (exact) mass is 259 g/mol. The van der Waals surface area contributed by atoms with Gasteiger partial charge in [-0.05, 0) is 39.0 Å². The predicted molar refractivity (Wildman–Crippen MR) is 77.3 cm³/mol. The van der Waals surface area contributed by atoms with Gasteiger partial charge in [0.05, 0.1) is 17.8 Å². The molecular weight excluding hydrogens is 226 g/mol. The number of nitrogens with two attached hydrogens (primary N) is 1. The first-order valence-electron chi connectivity index (χ1n) is 7.11. The molecule has 0 saturated carbocycles. The Kier molecular flexibility index (Phi) is 6.83. The van der Waals surface area contributed by atoms with Crippen molar-refractivity contribution in [3.8, 4) is 0 Å². The highest BCUT2D eigenvalue weighted by Gasteiger charge is 2.31. The van der Waals surface area contributed by atoms with Crippen LogP contribution in [0.3, 0.4) is 0 Å². The molecular formula is C15H33NO2. The zero-order valence-corrected chi connectivity index (χ0v) is 13.4. The maximum atomic E-state index is 6.12. The third-order valence-corrected chi connectivity index (χ3v) is 4.03. The highest BCUT2D eigenvalue weighted by molar-refractivity contribution is 4.82. The van der Waals surface area contributed by atoms with Crippen LogP contribution in [0.1, 0.15) is 74.1 Å². The lowest BCUT2D eigenvalue weighted by Crippen LogP contribution is -2.36. The first-order chi connectivity index (χ1) is 8.10. The van der Waals surface area contributed by atoms with Crippen LogP contribution in [0.25, 0.3) is 0 Å². The third kappa shape index (κ3) is 6.72. The molecule has 0 amide bonds. The summed E-state index contributed by atoms with van der Waals surface area (Å²) in [5.41, 5.74) is -0.0379. The van der Waals surface area contributed by atoms with Gasteiger partial charge >= 0.3 is 0 Å². The molecule has 3 nitrogen and oxygen atoms in total. The van der Waals surface area contributed by atoms with Crippen molar-refractivity contribution in [1.82, 2.24) is 0 Å². The SMILES string of the molecule is CCC(C)(C)CC(C)(CC)OCCC(C)(C)ON. The molecule has 0 fully saturated rings. The zero-order chi connectivity index (χ0) is 14.4. The van der Waals surface area contributed by atoms with E-state index in [9.17, 15) is 0 Å². The molecule has 0 heterocycles. The smallest absolute Gasteiger partial charge is 0.0859 e. The summed E-state index contributed by atoms with van der Waals surface area (Å²) >= 11 is 0. The van der Waals surface area contributed by atoms with E-state index in [-0.39, 0.29) is 11.2 Å². The van der Waals surface area contributed by atoms with Gasteiger partial charge in [0.25, 0.3) is 0 Å². The van der Waals surface area contributed by atoms with E-state index in [1.54, 1.807) is 0 Å². The van der Waals surface area contributed by atoms with Crippen LogP contribution >= 0.6 is 0 Å². The number of ether oxygens (including phenoxy) is 1. The summed E-state index contributed by atoms with van der Waals surface area (Å²) in [7, 11) is 0. The fourth-order valence-corrected chi connectivity index (χ4v) is 2.02. The second kappa shape index (κ2) is 6.88. The van der Waals surface area contributed by atoms with Crippen molar-refractivity contribution >= 4 is 0 Å². The Morgan fingerprint density at radius 3 is 1.89 bits per heavy atom. The molecule has 0 aliphatic rings. The molecule has 0 bridgehead atoms. The average Bonchev–Trinajstić information content (AvgIpc) is 2.28. The van der Waals surface area contributed by atoms with Crippen LogP contribution in [0.2, 0.25) is 0 Å². The Labute approximate surface area is 113 Å². The highest BCUT2D eigenvalue weighted by atomic mass is 16.6. The Morgan fingerprint density at radius 2 is 1.50 bits per heavy atom. The van der Waals surface area contributed by atoms with Gasteiger partial charge in [0, 0.05) is 6.42 Å². The van der Waals surface area contributed by atoms with E-state index in [4.69, 9.17) is 15.5 Å². The van der Waals surface area contributed by atoms with Crippen molar-refractivity contribution in [2.24, 2.45) is 11.3 Å². The maximum absolute atomic E-state index is 6.12. The largest absolute Gasteiger partial charge is 0.375 e. The zero-order valence-electron chi connectivity index (χ0n) is 13.4. The van der Waals surface area contributed by atoms with Crippen LogP contribution in [-0.2, 0) is 9.57 Å². The van der Waals surface area contributed by atoms with Crippen molar-refractivity contribution in [2.75, 3.05) is 6.61 Å². The van der Waals surface area contributed by atoms with Crippen LogP contribution in [0.5, 0.6) is 0 Å². The predicted octanol–water partition coefficient (Wildman–Crippen LogP) is 4.06. The minimum absolute atomic E-state index is 0.0514. The second-order valence-electron chi connectivity index (χ2n) is 6.97. The van der Waals surface area contributed by atoms with Gasteiger partial charge in [-0.3, -0.25) is 4.84 Å². The van der Waals surface area contributed by atoms with E-state index in [1.165, 1.54) is 6.42 Å². The van der Waals surface area contributed by atoms with Crippen molar-refractivity contribution in [3.05, 3.63) is 0 Å². The van der Waals surface area contributed by atoms with Gasteiger partial charge < -0.3 is 4.74 Å². The molecule has 0 saturated heterocycles. The normalized spacial score (nSPS) is 16.7. The van der Waals surface area contributed by atoms with Crippen LogP contribution in [0.4, 0.5) is 0 Å². The van der Waals surface area contributed by atoms with Crippen LogP contribution < -0.4 is 5.90 Å². The number of hydrogen-bond donors (Lipinski definition) is 1. The quantitative estimate of drug-likeness (QED) is 0.635. The average molecular weight is 259 g/mol. The van der Waals surface area contributed by atoms with E-state index in [0.717, 1.165) is 19.3 Å². The Balaban J connectivity index is 4.33. The van der Waals surface area contributed by atoms with Gasteiger partial charge in [-0.1, -0.05) is 34.1 Å². The lowest BCUT2D eigenvalue weighted by molar-refractivity contribution is -0.0945. The second-order valence-corrected chi connectivity index (χ2v) is 6.97. The van der Waals surface area contributed by atoms with Crippen molar-refractivity contribution in [3.63, 3.8) is 0 Å². The molecule has 1 atom stereocenters. The van der Waals surface area contributed by atoms with Gasteiger partial charge in [-0.2, -0.15) is 0 Å². The summed E-state index contributed by atoms with van der Waals surface area (Å²) in [5, 5.41) is 0. The molecule has 0 rings (SSSR count). The van der Waals surface area contributed by atoms with Crippen LogP contribution in [0.15, 0.2) is 0 Å². The molecule has 0 aliphatic heterocycles. The number of rotatable bonds is 9. The van der Waals surface area contributed by atoms with E-state index in [0.29, 0.717) is 12.0 Å².